The molecule has 5 nitrogen and oxygen atoms in total. The van der Waals surface area contributed by atoms with Crippen molar-refractivity contribution in [3.05, 3.63) is 20.8 Å². The standard InChI is InChI=1S/C17H23BrN4OS/c1-17(12-19,13-2-3-13)20-16(23)11-22-8-6-21(7-9-22)10-14-4-5-15(18)24-14/h4-5,13H,2-3,6-11H2,1H3,(H,20,23)/p+2/t17-/m1/s1. The van der Waals surface area contributed by atoms with E-state index in [9.17, 15) is 10.1 Å². The van der Waals surface area contributed by atoms with Gasteiger partial charge in [0.2, 0.25) is 0 Å². The maximum Gasteiger partial charge on any atom is 0.276 e. The Labute approximate surface area is 155 Å². The van der Waals surface area contributed by atoms with E-state index in [1.54, 1.807) is 16.2 Å². The van der Waals surface area contributed by atoms with Crippen LogP contribution in [0.1, 0.15) is 24.6 Å². The number of carbonyl (C=O) groups is 1. The smallest absolute Gasteiger partial charge is 0.276 e. The highest BCUT2D eigenvalue weighted by Crippen LogP contribution is 2.39. The molecule has 1 aromatic heterocycles. The van der Waals surface area contributed by atoms with Crippen molar-refractivity contribution in [3.8, 4) is 6.07 Å². The zero-order valence-corrected chi connectivity index (χ0v) is 16.4. The van der Waals surface area contributed by atoms with E-state index in [0.29, 0.717) is 12.5 Å². The molecule has 1 saturated heterocycles. The number of carbonyl (C=O) groups excluding carboxylic acids is 1. The van der Waals surface area contributed by atoms with E-state index in [0.717, 1.165) is 45.6 Å². The van der Waals surface area contributed by atoms with Gasteiger partial charge in [0.15, 0.2) is 6.54 Å². The number of hydrogen-bond donors (Lipinski definition) is 3. The molecule has 0 aromatic carbocycles. The van der Waals surface area contributed by atoms with Crippen LogP contribution >= 0.6 is 27.3 Å². The summed E-state index contributed by atoms with van der Waals surface area (Å²) < 4.78 is 1.19. The third kappa shape index (κ3) is 4.57. The molecule has 1 amide bonds. The van der Waals surface area contributed by atoms with E-state index in [4.69, 9.17) is 0 Å². The SMILES string of the molecule is C[C@](C#N)(NC(=O)C[NH+]1CC[NH+](Cc2ccc(Br)s2)CC1)C1CC1. The van der Waals surface area contributed by atoms with Gasteiger partial charge in [-0.2, -0.15) is 5.26 Å². The van der Waals surface area contributed by atoms with Crippen molar-refractivity contribution >= 4 is 33.2 Å². The summed E-state index contributed by atoms with van der Waals surface area (Å²) in [6, 6.07) is 6.59. The van der Waals surface area contributed by atoms with Crippen LogP contribution < -0.4 is 15.1 Å². The quantitative estimate of drug-likeness (QED) is 0.595. The van der Waals surface area contributed by atoms with Crippen LogP contribution in [0, 0.1) is 17.2 Å². The van der Waals surface area contributed by atoms with Crippen molar-refractivity contribution in [2.75, 3.05) is 32.7 Å². The van der Waals surface area contributed by atoms with Gasteiger partial charge in [-0.15, -0.1) is 11.3 Å². The lowest BCUT2D eigenvalue weighted by Gasteiger charge is -2.30. The highest BCUT2D eigenvalue weighted by molar-refractivity contribution is 9.11. The van der Waals surface area contributed by atoms with Crippen molar-refractivity contribution in [1.82, 2.24) is 5.32 Å². The first-order valence-electron chi connectivity index (χ1n) is 8.62. The van der Waals surface area contributed by atoms with Crippen LogP contribution in [0.3, 0.4) is 0 Å². The minimum absolute atomic E-state index is 0.0200. The van der Waals surface area contributed by atoms with Gasteiger partial charge in [-0.25, -0.2) is 0 Å². The van der Waals surface area contributed by atoms with Gasteiger partial charge in [-0.3, -0.25) is 4.79 Å². The number of thiophene rings is 1. The second kappa shape index (κ2) is 7.52. The van der Waals surface area contributed by atoms with E-state index in [2.05, 4.69) is 39.4 Å². The summed E-state index contributed by atoms with van der Waals surface area (Å²) in [4.78, 5) is 16.6. The van der Waals surface area contributed by atoms with Gasteiger partial charge in [0.25, 0.3) is 5.91 Å². The normalized spacial score (nSPS) is 26.4. The minimum Gasteiger partial charge on any atom is -0.333 e. The second-order valence-corrected chi connectivity index (χ2v) is 9.74. The molecule has 1 aliphatic heterocycles. The van der Waals surface area contributed by atoms with E-state index in [-0.39, 0.29) is 5.91 Å². The Morgan fingerprint density at radius 1 is 1.38 bits per heavy atom. The summed E-state index contributed by atoms with van der Waals surface area (Å²) in [6.07, 6.45) is 2.11. The number of halogens is 1. The Balaban J connectivity index is 1.42. The predicted molar refractivity (Wildman–Crippen MR) is 96.9 cm³/mol. The average molecular weight is 413 g/mol. The molecule has 3 rings (SSSR count). The summed E-state index contributed by atoms with van der Waals surface area (Å²) in [7, 11) is 0. The summed E-state index contributed by atoms with van der Waals surface area (Å²) in [5, 5.41) is 12.3. The lowest BCUT2D eigenvalue weighted by atomic mass is 9.98. The van der Waals surface area contributed by atoms with Crippen molar-refractivity contribution in [1.29, 1.82) is 5.26 Å². The van der Waals surface area contributed by atoms with E-state index < -0.39 is 5.54 Å². The van der Waals surface area contributed by atoms with Crippen molar-refractivity contribution in [2.24, 2.45) is 5.92 Å². The van der Waals surface area contributed by atoms with Gasteiger partial charge in [0.1, 0.15) is 38.3 Å². The summed E-state index contributed by atoms with van der Waals surface area (Å²) in [5.74, 6) is 0.361. The first-order chi connectivity index (χ1) is 11.5. The number of quaternary nitrogens is 2. The molecule has 1 saturated carbocycles. The molecule has 2 heterocycles. The number of hydrogen-bond acceptors (Lipinski definition) is 3. The lowest BCUT2D eigenvalue weighted by Crippen LogP contribution is -3.28. The van der Waals surface area contributed by atoms with Gasteiger partial charge in [-0.05, 0) is 53.7 Å². The van der Waals surface area contributed by atoms with Gasteiger partial charge >= 0.3 is 0 Å². The van der Waals surface area contributed by atoms with Crippen LogP contribution in [-0.4, -0.2) is 44.2 Å². The van der Waals surface area contributed by atoms with Crippen LogP contribution in [0.4, 0.5) is 0 Å². The van der Waals surface area contributed by atoms with Gasteiger partial charge < -0.3 is 15.1 Å². The largest absolute Gasteiger partial charge is 0.333 e. The third-order valence-electron chi connectivity index (χ3n) is 5.15. The molecular weight excluding hydrogens is 388 g/mol. The van der Waals surface area contributed by atoms with Crippen LogP contribution in [0.15, 0.2) is 15.9 Å². The Morgan fingerprint density at radius 2 is 2.04 bits per heavy atom. The fourth-order valence-electron chi connectivity index (χ4n) is 3.45. The highest BCUT2D eigenvalue weighted by Gasteiger charge is 2.43. The number of nitrogens with one attached hydrogen (secondary N) is 3. The molecule has 0 radical (unpaired) electrons. The Kier molecular flexibility index (Phi) is 5.60. The van der Waals surface area contributed by atoms with E-state index in [1.807, 2.05) is 6.92 Å². The highest BCUT2D eigenvalue weighted by atomic mass is 79.9. The van der Waals surface area contributed by atoms with Gasteiger partial charge in [0.05, 0.1) is 14.7 Å². The minimum atomic E-state index is -0.670. The average Bonchev–Trinajstić information content (AvgIpc) is 3.33. The predicted octanol–water partition coefficient (Wildman–Crippen LogP) is -0.398. The Hall–Kier alpha value is -0.940. The number of nitriles is 1. The number of amides is 1. The topological polar surface area (TPSA) is 61.8 Å². The van der Waals surface area contributed by atoms with Crippen LogP contribution in [0.25, 0.3) is 0 Å². The van der Waals surface area contributed by atoms with Crippen molar-refractivity contribution in [2.45, 2.75) is 31.8 Å². The molecule has 0 spiro atoms. The van der Waals surface area contributed by atoms with Gasteiger partial charge in [-0.1, -0.05) is 0 Å². The molecule has 2 fully saturated rings. The van der Waals surface area contributed by atoms with Crippen LogP contribution in [0.2, 0.25) is 0 Å². The van der Waals surface area contributed by atoms with Crippen LogP contribution in [-0.2, 0) is 11.3 Å². The van der Waals surface area contributed by atoms with E-state index in [1.165, 1.54) is 13.6 Å². The summed E-state index contributed by atoms with van der Waals surface area (Å²) in [5.41, 5.74) is -0.670. The molecular formula is C17H25BrN4OS+2. The Bertz CT molecular complexity index is 631. The molecule has 0 bridgehead atoms. The first-order valence-corrected chi connectivity index (χ1v) is 10.2. The maximum absolute atomic E-state index is 12.3. The van der Waals surface area contributed by atoms with E-state index >= 15 is 0 Å². The van der Waals surface area contributed by atoms with Crippen molar-refractivity contribution < 1.29 is 14.6 Å². The third-order valence-corrected chi connectivity index (χ3v) is 6.78. The summed E-state index contributed by atoms with van der Waals surface area (Å²) in [6.45, 7) is 7.64. The first kappa shape index (κ1) is 17.9. The molecule has 3 N–H and O–H groups in total. The lowest BCUT2D eigenvalue weighted by molar-refractivity contribution is -1.01. The van der Waals surface area contributed by atoms with Gasteiger partial charge in [0, 0.05) is 0 Å². The molecule has 130 valence electrons. The fraction of sp³-hybridized carbons (Fsp3) is 0.647. The fourth-order valence-corrected chi connectivity index (χ4v) is 5.00. The molecule has 0 unspecified atom stereocenters. The second-order valence-electron chi connectivity index (χ2n) is 7.20. The number of rotatable bonds is 6. The number of piperazine rings is 1. The molecule has 1 aliphatic carbocycles. The number of nitrogens with zero attached hydrogens (tertiary/aromatic N) is 1. The molecule has 2 aliphatic rings. The molecule has 1 aromatic rings. The molecule has 1 atom stereocenters. The zero-order chi connectivity index (χ0) is 17.2. The maximum atomic E-state index is 12.3. The zero-order valence-electron chi connectivity index (χ0n) is 14.0. The molecule has 24 heavy (non-hydrogen) atoms. The van der Waals surface area contributed by atoms with Crippen LogP contribution in [0.5, 0.6) is 0 Å². The molecule has 7 heteroatoms. The monoisotopic (exact) mass is 412 g/mol. The van der Waals surface area contributed by atoms with Crippen molar-refractivity contribution in [3.63, 3.8) is 0 Å². The Morgan fingerprint density at radius 3 is 2.58 bits per heavy atom. The summed E-state index contributed by atoms with van der Waals surface area (Å²) >= 11 is 5.32.